The summed E-state index contributed by atoms with van der Waals surface area (Å²) in [5.74, 6) is 0. The molecule has 0 aromatic carbocycles. The topological polar surface area (TPSA) is 28.2 Å². The van der Waals surface area contributed by atoms with Crippen LogP contribution in [0.2, 0.25) is 0 Å². The molecule has 4 heteroatoms. The lowest BCUT2D eigenvalue weighted by Gasteiger charge is -2.28. The van der Waals surface area contributed by atoms with E-state index in [1.165, 1.54) is 11.3 Å². The molecule has 0 fully saturated rings. The molecule has 0 saturated carbocycles. The standard InChI is InChI=1S/C12H13N3S/c1-15-4-3-13-11-7-14-10(6-12(11)15)9-2-5-16-8-9/h2,5-8,13H,3-4H2,1H3. The van der Waals surface area contributed by atoms with Crippen LogP contribution in [0.1, 0.15) is 0 Å². The summed E-state index contributed by atoms with van der Waals surface area (Å²) in [5.41, 5.74) is 4.62. The molecule has 0 spiro atoms. The first-order valence-electron chi connectivity index (χ1n) is 5.32. The summed E-state index contributed by atoms with van der Waals surface area (Å²) >= 11 is 1.70. The van der Waals surface area contributed by atoms with E-state index in [0.29, 0.717) is 0 Å². The molecular formula is C12H13N3S. The normalized spacial score (nSPS) is 14.4. The van der Waals surface area contributed by atoms with Gasteiger partial charge >= 0.3 is 0 Å². The molecule has 0 atom stereocenters. The number of likely N-dealkylation sites (N-methyl/N-ethyl adjacent to an activating group) is 1. The molecule has 0 unspecified atom stereocenters. The number of hydrogen-bond donors (Lipinski definition) is 1. The van der Waals surface area contributed by atoms with Crippen LogP contribution in [0.3, 0.4) is 0 Å². The number of pyridine rings is 1. The summed E-state index contributed by atoms with van der Waals surface area (Å²) in [6.45, 7) is 2.03. The van der Waals surface area contributed by atoms with Crippen molar-refractivity contribution in [1.82, 2.24) is 4.98 Å². The number of nitrogens with one attached hydrogen (secondary N) is 1. The third-order valence-corrected chi connectivity index (χ3v) is 3.56. The highest BCUT2D eigenvalue weighted by Gasteiger charge is 2.14. The minimum Gasteiger partial charge on any atom is -0.380 e. The summed E-state index contributed by atoms with van der Waals surface area (Å²) in [5, 5.41) is 7.58. The Labute approximate surface area is 98.7 Å². The number of hydrogen-bond acceptors (Lipinski definition) is 4. The van der Waals surface area contributed by atoms with Gasteiger partial charge in [0.05, 0.1) is 23.3 Å². The van der Waals surface area contributed by atoms with Crippen LogP contribution in [0.5, 0.6) is 0 Å². The summed E-state index contributed by atoms with van der Waals surface area (Å²) in [6.07, 6.45) is 1.93. The van der Waals surface area contributed by atoms with Gasteiger partial charge in [-0.2, -0.15) is 11.3 Å². The van der Waals surface area contributed by atoms with Crippen molar-refractivity contribution >= 4 is 22.7 Å². The van der Waals surface area contributed by atoms with Crippen molar-refractivity contribution < 1.29 is 0 Å². The molecule has 0 amide bonds. The van der Waals surface area contributed by atoms with Gasteiger partial charge in [-0.15, -0.1) is 0 Å². The lowest BCUT2D eigenvalue weighted by atomic mass is 10.1. The largest absolute Gasteiger partial charge is 0.380 e. The van der Waals surface area contributed by atoms with E-state index < -0.39 is 0 Å². The van der Waals surface area contributed by atoms with E-state index in [-0.39, 0.29) is 0 Å². The highest BCUT2D eigenvalue weighted by atomic mass is 32.1. The predicted molar refractivity (Wildman–Crippen MR) is 69.3 cm³/mol. The highest BCUT2D eigenvalue weighted by Crippen LogP contribution is 2.31. The van der Waals surface area contributed by atoms with E-state index in [1.54, 1.807) is 11.3 Å². The van der Waals surface area contributed by atoms with Crippen LogP contribution >= 0.6 is 11.3 Å². The van der Waals surface area contributed by atoms with Crippen LogP contribution < -0.4 is 10.2 Å². The van der Waals surface area contributed by atoms with Crippen molar-refractivity contribution in [2.45, 2.75) is 0 Å². The van der Waals surface area contributed by atoms with Gasteiger partial charge in [-0.3, -0.25) is 4.98 Å². The Bertz CT molecular complexity index is 493. The molecule has 0 radical (unpaired) electrons. The van der Waals surface area contributed by atoms with Gasteiger partial charge < -0.3 is 10.2 Å². The Kier molecular flexibility index (Phi) is 2.29. The van der Waals surface area contributed by atoms with E-state index in [4.69, 9.17) is 0 Å². The Balaban J connectivity index is 2.07. The molecule has 2 aromatic rings. The SMILES string of the molecule is CN1CCNc2cnc(-c3ccsc3)cc21. The van der Waals surface area contributed by atoms with Crippen molar-refractivity contribution in [3.05, 3.63) is 29.1 Å². The number of fused-ring (bicyclic) bond motifs is 1. The minimum atomic E-state index is 0.989. The fourth-order valence-corrected chi connectivity index (χ4v) is 2.59. The lowest BCUT2D eigenvalue weighted by Crippen LogP contribution is -2.30. The zero-order valence-corrected chi connectivity index (χ0v) is 9.92. The van der Waals surface area contributed by atoms with E-state index >= 15 is 0 Å². The smallest absolute Gasteiger partial charge is 0.0765 e. The van der Waals surface area contributed by atoms with Gasteiger partial charge in [0.1, 0.15) is 0 Å². The van der Waals surface area contributed by atoms with E-state index in [0.717, 1.165) is 24.5 Å². The maximum Gasteiger partial charge on any atom is 0.0765 e. The Hall–Kier alpha value is -1.55. The number of nitrogens with zero attached hydrogens (tertiary/aromatic N) is 2. The lowest BCUT2D eigenvalue weighted by molar-refractivity contribution is 0.883. The second kappa shape index (κ2) is 3.79. The molecule has 1 aliphatic heterocycles. The zero-order valence-electron chi connectivity index (χ0n) is 9.10. The Morgan fingerprint density at radius 2 is 2.44 bits per heavy atom. The van der Waals surface area contributed by atoms with Gasteiger partial charge in [0, 0.05) is 31.1 Å². The fraction of sp³-hybridized carbons (Fsp3) is 0.250. The first-order valence-corrected chi connectivity index (χ1v) is 6.26. The molecule has 3 nitrogen and oxygen atoms in total. The van der Waals surface area contributed by atoms with E-state index in [2.05, 4.69) is 45.1 Å². The Morgan fingerprint density at radius 3 is 3.25 bits per heavy atom. The van der Waals surface area contributed by atoms with Gasteiger partial charge in [-0.25, -0.2) is 0 Å². The minimum absolute atomic E-state index is 0.989. The Morgan fingerprint density at radius 1 is 1.50 bits per heavy atom. The van der Waals surface area contributed by atoms with Crippen LogP contribution in [-0.2, 0) is 0 Å². The molecule has 3 rings (SSSR count). The van der Waals surface area contributed by atoms with Gasteiger partial charge in [0.15, 0.2) is 0 Å². The quantitative estimate of drug-likeness (QED) is 0.818. The number of thiophene rings is 1. The highest BCUT2D eigenvalue weighted by molar-refractivity contribution is 7.08. The average Bonchev–Trinajstić information content (AvgIpc) is 2.83. The number of rotatable bonds is 1. The molecule has 1 aliphatic rings. The monoisotopic (exact) mass is 231 g/mol. The summed E-state index contributed by atoms with van der Waals surface area (Å²) in [6, 6.07) is 4.26. The molecule has 16 heavy (non-hydrogen) atoms. The molecular weight excluding hydrogens is 218 g/mol. The van der Waals surface area contributed by atoms with Crippen molar-refractivity contribution in [2.75, 3.05) is 30.4 Å². The molecule has 3 heterocycles. The molecule has 0 bridgehead atoms. The van der Waals surface area contributed by atoms with Crippen LogP contribution in [0.15, 0.2) is 29.1 Å². The van der Waals surface area contributed by atoms with Crippen molar-refractivity contribution in [2.24, 2.45) is 0 Å². The van der Waals surface area contributed by atoms with Gasteiger partial charge in [-0.05, 0) is 17.5 Å². The molecule has 2 aromatic heterocycles. The molecule has 0 saturated heterocycles. The van der Waals surface area contributed by atoms with Crippen LogP contribution in [-0.4, -0.2) is 25.1 Å². The molecule has 0 aliphatic carbocycles. The van der Waals surface area contributed by atoms with Crippen LogP contribution in [0.25, 0.3) is 11.3 Å². The van der Waals surface area contributed by atoms with Crippen LogP contribution in [0, 0.1) is 0 Å². The van der Waals surface area contributed by atoms with Gasteiger partial charge in [0.25, 0.3) is 0 Å². The average molecular weight is 231 g/mol. The predicted octanol–water partition coefficient (Wildman–Crippen LogP) is 2.67. The maximum absolute atomic E-state index is 4.49. The third kappa shape index (κ3) is 1.55. The first kappa shape index (κ1) is 9.66. The van der Waals surface area contributed by atoms with Crippen molar-refractivity contribution in [1.29, 1.82) is 0 Å². The van der Waals surface area contributed by atoms with E-state index in [1.807, 2.05) is 6.20 Å². The van der Waals surface area contributed by atoms with Gasteiger partial charge in [-0.1, -0.05) is 0 Å². The van der Waals surface area contributed by atoms with Crippen LogP contribution in [0.4, 0.5) is 11.4 Å². The molecule has 82 valence electrons. The number of aromatic nitrogens is 1. The summed E-state index contributed by atoms with van der Waals surface area (Å²) in [7, 11) is 2.12. The zero-order chi connectivity index (χ0) is 11.0. The van der Waals surface area contributed by atoms with E-state index in [9.17, 15) is 0 Å². The first-order chi connectivity index (χ1) is 7.84. The second-order valence-corrected chi connectivity index (χ2v) is 4.73. The van der Waals surface area contributed by atoms with Crippen molar-refractivity contribution in [3.8, 4) is 11.3 Å². The molecule has 1 N–H and O–H groups in total. The van der Waals surface area contributed by atoms with Crippen molar-refractivity contribution in [3.63, 3.8) is 0 Å². The maximum atomic E-state index is 4.49. The third-order valence-electron chi connectivity index (χ3n) is 2.87. The second-order valence-electron chi connectivity index (χ2n) is 3.95. The summed E-state index contributed by atoms with van der Waals surface area (Å²) < 4.78 is 0. The number of anilines is 2. The fourth-order valence-electron chi connectivity index (χ4n) is 1.94. The summed E-state index contributed by atoms with van der Waals surface area (Å²) in [4.78, 5) is 6.75. The van der Waals surface area contributed by atoms with Gasteiger partial charge in [0.2, 0.25) is 0 Å².